The summed E-state index contributed by atoms with van der Waals surface area (Å²) in [5.74, 6) is 5.69. The summed E-state index contributed by atoms with van der Waals surface area (Å²) in [5, 5.41) is 9.83. The van der Waals surface area contributed by atoms with E-state index < -0.39 is 5.60 Å². The van der Waals surface area contributed by atoms with Gasteiger partial charge < -0.3 is 9.67 Å². The summed E-state index contributed by atoms with van der Waals surface area (Å²) in [5.41, 5.74) is 0.335. The van der Waals surface area contributed by atoms with Crippen LogP contribution in [0.4, 0.5) is 4.39 Å². The number of fused-ring (bicyclic) bond motifs is 1. The van der Waals surface area contributed by atoms with Gasteiger partial charge in [0.1, 0.15) is 22.8 Å². The Kier molecular flexibility index (Phi) is 3.99. The first-order valence-corrected chi connectivity index (χ1v) is 7.54. The number of hydrogen-bond donors (Lipinski definition) is 1. The second-order valence-electron chi connectivity index (χ2n) is 5.82. The molecule has 0 bridgehead atoms. The van der Waals surface area contributed by atoms with Crippen molar-refractivity contribution in [2.75, 3.05) is 0 Å². The highest BCUT2D eigenvalue weighted by atomic mass is 35.5. The van der Waals surface area contributed by atoms with Crippen LogP contribution in [0.15, 0.2) is 24.3 Å². The van der Waals surface area contributed by atoms with Gasteiger partial charge in [0, 0.05) is 12.6 Å². The molecule has 3 aromatic rings. The minimum atomic E-state index is -1.16. The third-order valence-corrected chi connectivity index (χ3v) is 3.50. The fraction of sp³-hybridized carbons (Fsp3) is 0.235. The van der Waals surface area contributed by atoms with E-state index in [1.54, 1.807) is 37.6 Å². The number of benzene rings is 1. The summed E-state index contributed by atoms with van der Waals surface area (Å²) in [6.45, 7) is 3.12. The fourth-order valence-electron chi connectivity index (χ4n) is 2.18. The quantitative estimate of drug-likeness (QED) is 0.544. The molecule has 0 atom stereocenters. The van der Waals surface area contributed by atoms with Gasteiger partial charge in [-0.25, -0.2) is 19.3 Å². The molecule has 1 N–H and O–H groups in total. The Morgan fingerprint density at radius 2 is 2.00 bits per heavy atom. The second-order valence-corrected chi connectivity index (χ2v) is 6.18. The van der Waals surface area contributed by atoms with Gasteiger partial charge in [-0.05, 0) is 31.9 Å². The number of imidazole rings is 1. The Labute approximate surface area is 143 Å². The molecular formula is C17H14ClFN4O. The molecule has 0 radical (unpaired) electrons. The van der Waals surface area contributed by atoms with E-state index in [4.69, 9.17) is 11.6 Å². The van der Waals surface area contributed by atoms with Gasteiger partial charge in [-0.1, -0.05) is 29.7 Å². The van der Waals surface area contributed by atoms with Crippen molar-refractivity contribution in [2.45, 2.75) is 19.4 Å². The molecule has 5 nitrogen and oxygen atoms in total. The van der Waals surface area contributed by atoms with Crippen LogP contribution in [0.25, 0.3) is 22.6 Å². The van der Waals surface area contributed by atoms with Crippen molar-refractivity contribution in [1.29, 1.82) is 0 Å². The summed E-state index contributed by atoms with van der Waals surface area (Å²) in [6.07, 6.45) is 0. The first-order chi connectivity index (χ1) is 11.2. The molecule has 2 heterocycles. The predicted molar refractivity (Wildman–Crippen MR) is 89.9 cm³/mol. The van der Waals surface area contributed by atoms with Crippen LogP contribution in [-0.4, -0.2) is 30.2 Å². The largest absolute Gasteiger partial charge is 0.378 e. The highest BCUT2D eigenvalue weighted by Crippen LogP contribution is 2.26. The van der Waals surface area contributed by atoms with Crippen molar-refractivity contribution in [3.05, 3.63) is 41.1 Å². The molecule has 2 aromatic heterocycles. The molecule has 7 heteroatoms. The first kappa shape index (κ1) is 16.4. The van der Waals surface area contributed by atoms with Crippen molar-refractivity contribution in [2.24, 2.45) is 7.05 Å². The van der Waals surface area contributed by atoms with Gasteiger partial charge in [-0.3, -0.25) is 0 Å². The van der Waals surface area contributed by atoms with E-state index in [0.29, 0.717) is 22.6 Å². The molecule has 0 aliphatic carbocycles. The third-order valence-electron chi connectivity index (χ3n) is 3.24. The maximum absolute atomic E-state index is 13.5. The molecule has 122 valence electrons. The Morgan fingerprint density at radius 3 is 2.67 bits per heavy atom. The van der Waals surface area contributed by atoms with Gasteiger partial charge in [-0.2, -0.15) is 0 Å². The van der Waals surface area contributed by atoms with Gasteiger partial charge >= 0.3 is 0 Å². The molecule has 24 heavy (non-hydrogen) atoms. The Bertz CT molecular complexity index is 995. The van der Waals surface area contributed by atoms with E-state index in [-0.39, 0.29) is 16.8 Å². The Balaban J connectivity index is 2.18. The van der Waals surface area contributed by atoms with E-state index in [1.165, 1.54) is 12.1 Å². The van der Waals surface area contributed by atoms with E-state index in [1.807, 2.05) is 0 Å². The molecule has 0 amide bonds. The molecule has 0 fully saturated rings. The number of halogens is 2. The van der Waals surface area contributed by atoms with Gasteiger partial charge in [0.15, 0.2) is 10.8 Å². The van der Waals surface area contributed by atoms with Gasteiger partial charge in [0.25, 0.3) is 0 Å². The molecule has 0 unspecified atom stereocenters. The molecule has 3 rings (SSSR count). The topological polar surface area (TPSA) is 63.8 Å². The van der Waals surface area contributed by atoms with Gasteiger partial charge in [0.05, 0.1) is 0 Å². The summed E-state index contributed by atoms with van der Waals surface area (Å²) >= 11 is 6.18. The second kappa shape index (κ2) is 5.86. The van der Waals surface area contributed by atoms with Crippen LogP contribution < -0.4 is 0 Å². The zero-order valence-electron chi connectivity index (χ0n) is 13.3. The van der Waals surface area contributed by atoms with Crippen LogP contribution >= 0.6 is 11.6 Å². The van der Waals surface area contributed by atoms with Crippen molar-refractivity contribution in [1.82, 2.24) is 19.5 Å². The van der Waals surface area contributed by atoms with Crippen molar-refractivity contribution < 1.29 is 9.50 Å². The SMILES string of the molecule is Cn1c(-c2cccc(F)c2)nc2c(Cl)nc(C#CC(C)(C)O)nc21. The highest BCUT2D eigenvalue weighted by Gasteiger charge is 2.16. The van der Waals surface area contributed by atoms with E-state index in [2.05, 4.69) is 26.8 Å². The normalized spacial score (nSPS) is 11.4. The smallest absolute Gasteiger partial charge is 0.208 e. The Hall–Kier alpha value is -2.49. The maximum atomic E-state index is 13.5. The molecular weight excluding hydrogens is 331 g/mol. The van der Waals surface area contributed by atoms with E-state index in [0.717, 1.165) is 0 Å². The van der Waals surface area contributed by atoms with Crippen LogP contribution in [0.3, 0.4) is 0 Å². The molecule has 0 saturated carbocycles. The lowest BCUT2D eigenvalue weighted by Crippen LogP contribution is -2.14. The number of hydrogen-bond acceptors (Lipinski definition) is 4. The minimum Gasteiger partial charge on any atom is -0.378 e. The van der Waals surface area contributed by atoms with E-state index >= 15 is 0 Å². The number of aryl methyl sites for hydroxylation is 1. The lowest BCUT2D eigenvalue weighted by Gasteiger charge is -2.05. The number of nitrogens with zero attached hydrogens (tertiary/aromatic N) is 4. The van der Waals surface area contributed by atoms with Crippen LogP contribution in [0.2, 0.25) is 5.15 Å². The molecule has 0 spiro atoms. The average molecular weight is 345 g/mol. The zero-order valence-corrected chi connectivity index (χ0v) is 14.1. The summed E-state index contributed by atoms with van der Waals surface area (Å²) < 4.78 is 15.2. The molecule has 1 aromatic carbocycles. The molecule has 0 saturated heterocycles. The lowest BCUT2D eigenvalue weighted by atomic mass is 10.1. The highest BCUT2D eigenvalue weighted by molar-refractivity contribution is 6.33. The van der Waals surface area contributed by atoms with Crippen LogP contribution in [-0.2, 0) is 7.05 Å². The first-order valence-electron chi connectivity index (χ1n) is 7.16. The standard InChI is InChI=1S/C17H14ClFN4O/c1-17(2,24)8-7-12-20-14(18)13-16(21-12)23(3)15(22-13)10-5-4-6-11(19)9-10/h4-6,9,24H,1-3H3. The van der Waals surface area contributed by atoms with Crippen molar-refractivity contribution >= 4 is 22.8 Å². The summed E-state index contributed by atoms with van der Waals surface area (Å²) in [7, 11) is 1.76. The molecule has 0 aliphatic heterocycles. The minimum absolute atomic E-state index is 0.151. The van der Waals surface area contributed by atoms with Crippen molar-refractivity contribution in [3.63, 3.8) is 0 Å². The lowest BCUT2D eigenvalue weighted by molar-refractivity contribution is 0.143. The monoisotopic (exact) mass is 344 g/mol. The third kappa shape index (κ3) is 3.23. The van der Waals surface area contributed by atoms with Crippen LogP contribution in [0, 0.1) is 17.7 Å². The average Bonchev–Trinajstić information content (AvgIpc) is 2.83. The number of aliphatic hydroxyl groups is 1. The Morgan fingerprint density at radius 1 is 1.25 bits per heavy atom. The van der Waals surface area contributed by atoms with Crippen molar-refractivity contribution in [3.8, 4) is 23.2 Å². The maximum Gasteiger partial charge on any atom is 0.208 e. The summed E-state index contributed by atoms with van der Waals surface area (Å²) in [6, 6.07) is 6.11. The van der Waals surface area contributed by atoms with Crippen LogP contribution in [0.5, 0.6) is 0 Å². The summed E-state index contributed by atoms with van der Waals surface area (Å²) in [4.78, 5) is 12.8. The van der Waals surface area contributed by atoms with Crippen LogP contribution in [0.1, 0.15) is 19.7 Å². The zero-order chi connectivity index (χ0) is 17.5. The molecule has 0 aliphatic rings. The fourth-order valence-corrected chi connectivity index (χ4v) is 2.38. The van der Waals surface area contributed by atoms with Gasteiger partial charge in [-0.15, -0.1) is 0 Å². The van der Waals surface area contributed by atoms with E-state index in [9.17, 15) is 9.50 Å². The van der Waals surface area contributed by atoms with Gasteiger partial charge in [0.2, 0.25) is 5.82 Å². The number of rotatable bonds is 1. The number of aromatic nitrogens is 4. The predicted octanol–water partition coefficient (Wildman–Crippen LogP) is 2.95.